The van der Waals surface area contributed by atoms with Gasteiger partial charge in [-0.1, -0.05) is 36.4 Å². The number of aliphatic hydroxyl groups excluding tert-OH is 1. The van der Waals surface area contributed by atoms with Gasteiger partial charge in [0.1, 0.15) is 12.4 Å². The second kappa shape index (κ2) is 9.38. The lowest BCUT2D eigenvalue weighted by molar-refractivity contribution is 0.107. The number of fused-ring (bicyclic) bond motifs is 4. The molecule has 2 heterocycles. The van der Waals surface area contributed by atoms with Crippen LogP contribution >= 0.6 is 22.7 Å². The molecule has 0 saturated carbocycles. The normalized spacial score (nSPS) is 12.5. The van der Waals surface area contributed by atoms with Gasteiger partial charge in [0.05, 0.1) is 6.10 Å². The molecule has 6 heteroatoms. The quantitative estimate of drug-likeness (QED) is 0.254. The lowest BCUT2D eigenvalue weighted by atomic mass is 10.0. The number of ether oxygens (including phenoxy) is 1. The van der Waals surface area contributed by atoms with Crippen molar-refractivity contribution in [3.63, 3.8) is 0 Å². The van der Waals surface area contributed by atoms with E-state index in [1.807, 2.05) is 80.6 Å². The number of aliphatic hydroxyl groups is 1. The van der Waals surface area contributed by atoms with Gasteiger partial charge in [0.15, 0.2) is 10.9 Å². The van der Waals surface area contributed by atoms with Gasteiger partial charge >= 0.3 is 0 Å². The van der Waals surface area contributed by atoms with Crippen molar-refractivity contribution in [3.05, 3.63) is 110 Å². The standard InChI is InChI=1S/C31H24O4S2/c1-17-18(2)31-23(29(33)21-9-3-6-12-26(21)37-31)15-24(17)35-16-20(32)14-19-8-7-13-27-28(19)30(34)22-10-4-5-11-25(22)36-27/h3-13,15,20,32H,14,16H2,1-2H3. The van der Waals surface area contributed by atoms with Crippen LogP contribution in [0.3, 0.4) is 0 Å². The smallest absolute Gasteiger partial charge is 0.196 e. The summed E-state index contributed by atoms with van der Waals surface area (Å²) in [5.74, 6) is 0.597. The second-order valence-corrected chi connectivity index (χ2v) is 11.5. The highest BCUT2D eigenvalue weighted by atomic mass is 32.1. The second-order valence-electron chi connectivity index (χ2n) is 9.32. The van der Waals surface area contributed by atoms with Crippen LogP contribution in [0.15, 0.2) is 82.4 Å². The molecule has 6 aromatic rings. The van der Waals surface area contributed by atoms with Crippen LogP contribution < -0.4 is 15.6 Å². The first-order valence-corrected chi connectivity index (χ1v) is 13.8. The van der Waals surface area contributed by atoms with E-state index in [1.165, 1.54) is 0 Å². The predicted molar refractivity (Wildman–Crippen MR) is 156 cm³/mol. The monoisotopic (exact) mass is 524 g/mol. The number of hydrogen-bond donors (Lipinski definition) is 1. The fourth-order valence-electron chi connectivity index (χ4n) is 4.89. The van der Waals surface area contributed by atoms with Crippen molar-refractivity contribution in [3.8, 4) is 5.75 Å². The molecule has 2 aromatic heterocycles. The Hall–Kier alpha value is -3.58. The van der Waals surface area contributed by atoms with Gasteiger partial charge in [-0.05, 0) is 66.9 Å². The van der Waals surface area contributed by atoms with E-state index in [4.69, 9.17) is 4.74 Å². The molecule has 37 heavy (non-hydrogen) atoms. The Bertz CT molecular complexity index is 1950. The minimum Gasteiger partial charge on any atom is -0.491 e. The Kier molecular flexibility index (Phi) is 6.03. The summed E-state index contributed by atoms with van der Waals surface area (Å²) in [4.78, 5) is 26.5. The van der Waals surface area contributed by atoms with Crippen LogP contribution in [0.4, 0.5) is 0 Å². The fraction of sp³-hybridized carbons (Fsp3) is 0.161. The van der Waals surface area contributed by atoms with Gasteiger partial charge in [0.2, 0.25) is 0 Å². The molecule has 0 fully saturated rings. The van der Waals surface area contributed by atoms with Crippen molar-refractivity contribution in [2.75, 3.05) is 6.61 Å². The Morgan fingerprint density at radius 3 is 2.16 bits per heavy atom. The van der Waals surface area contributed by atoms with Crippen molar-refractivity contribution in [1.29, 1.82) is 0 Å². The van der Waals surface area contributed by atoms with Gasteiger partial charge in [-0.15, -0.1) is 22.7 Å². The van der Waals surface area contributed by atoms with Crippen LogP contribution in [0, 0.1) is 13.8 Å². The van der Waals surface area contributed by atoms with Gasteiger partial charge in [0, 0.05) is 46.8 Å². The van der Waals surface area contributed by atoms with Crippen LogP contribution in [0.25, 0.3) is 40.3 Å². The molecule has 4 aromatic carbocycles. The fourth-order valence-corrected chi connectivity index (χ4v) is 7.23. The molecule has 0 spiro atoms. The minimum atomic E-state index is -0.817. The van der Waals surface area contributed by atoms with E-state index in [0.717, 1.165) is 35.5 Å². The van der Waals surface area contributed by atoms with E-state index >= 15 is 0 Å². The predicted octanol–water partition coefficient (Wildman–Crippen LogP) is 6.74. The molecule has 0 aliphatic heterocycles. The number of benzene rings is 4. The molecule has 0 aliphatic rings. The molecule has 6 rings (SSSR count). The highest BCUT2D eigenvalue weighted by Gasteiger charge is 2.17. The van der Waals surface area contributed by atoms with Crippen LogP contribution in [0.5, 0.6) is 5.75 Å². The number of hydrogen-bond acceptors (Lipinski definition) is 6. The summed E-state index contributed by atoms with van der Waals surface area (Å²) in [6.45, 7) is 4.03. The molecular formula is C31H24O4S2. The van der Waals surface area contributed by atoms with Crippen molar-refractivity contribution >= 4 is 63.0 Å². The Balaban J connectivity index is 1.31. The molecule has 184 valence electrons. The molecule has 0 saturated heterocycles. The maximum atomic E-state index is 13.3. The van der Waals surface area contributed by atoms with Crippen molar-refractivity contribution in [2.24, 2.45) is 0 Å². The molecule has 0 amide bonds. The molecule has 1 atom stereocenters. The van der Waals surface area contributed by atoms with Crippen molar-refractivity contribution in [1.82, 2.24) is 0 Å². The zero-order valence-electron chi connectivity index (χ0n) is 20.4. The molecule has 0 aliphatic carbocycles. The highest BCUT2D eigenvalue weighted by molar-refractivity contribution is 7.25. The van der Waals surface area contributed by atoms with Gasteiger partial charge in [-0.25, -0.2) is 0 Å². The van der Waals surface area contributed by atoms with E-state index in [2.05, 4.69) is 0 Å². The maximum Gasteiger partial charge on any atom is 0.196 e. The lowest BCUT2D eigenvalue weighted by Gasteiger charge is -2.17. The third kappa shape index (κ3) is 4.11. The zero-order chi connectivity index (χ0) is 25.7. The van der Waals surface area contributed by atoms with Gasteiger partial charge in [0.25, 0.3) is 0 Å². The van der Waals surface area contributed by atoms with Crippen LogP contribution in [-0.2, 0) is 6.42 Å². The molecule has 0 radical (unpaired) electrons. The van der Waals surface area contributed by atoms with Crippen LogP contribution in [0.1, 0.15) is 16.7 Å². The van der Waals surface area contributed by atoms with E-state index < -0.39 is 6.10 Å². The van der Waals surface area contributed by atoms with E-state index in [1.54, 1.807) is 28.7 Å². The Morgan fingerprint density at radius 2 is 1.41 bits per heavy atom. The summed E-state index contributed by atoms with van der Waals surface area (Å²) in [7, 11) is 0. The maximum absolute atomic E-state index is 13.3. The van der Waals surface area contributed by atoms with Crippen molar-refractivity contribution in [2.45, 2.75) is 26.4 Å². The molecule has 1 unspecified atom stereocenters. The summed E-state index contributed by atoms with van der Waals surface area (Å²) in [5, 5.41) is 13.6. The van der Waals surface area contributed by atoms with Crippen LogP contribution in [0.2, 0.25) is 0 Å². The average Bonchev–Trinajstić information content (AvgIpc) is 2.91. The van der Waals surface area contributed by atoms with Gasteiger partial charge < -0.3 is 9.84 Å². The first kappa shape index (κ1) is 23.8. The summed E-state index contributed by atoms with van der Waals surface area (Å²) < 4.78 is 9.87. The first-order valence-electron chi connectivity index (χ1n) is 12.1. The highest BCUT2D eigenvalue weighted by Crippen LogP contribution is 2.34. The third-order valence-corrected chi connectivity index (χ3v) is 9.40. The topological polar surface area (TPSA) is 63.6 Å². The largest absolute Gasteiger partial charge is 0.491 e. The lowest BCUT2D eigenvalue weighted by Crippen LogP contribution is -2.21. The zero-order valence-corrected chi connectivity index (χ0v) is 22.0. The Labute approximate surface area is 221 Å². The summed E-state index contributed by atoms with van der Waals surface area (Å²) >= 11 is 3.19. The first-order chi connectivity index (χ1) is 17.9. The molecule has 1 N–H and O–H groups in total. The number of rotatable bonds is 5. The molecular weight excluding hydrogens is 500 g/mol. The average molecular weight is 525 g/mol. The van der Waals surface area contributed by atoms with E-state index in [9.17, 15) is 14.7 Å². The third-order valence-electron chi connectivity index (χ3n) is 6.96. The summed E-state index contributed by atoms with van der Waals surface area (Å²) in [6, 6.07) is 22.8. The molecule has 4 nitrogen and oxygen atoms in total. The Morgan fingerprint density at radius 1 is 0.757 bits per heavy atom. The van der Waals surface area contributed by atoms with Gasteiger partial charge in [-0.3, -0.25) is 9.59 Å². The van der Waals surface area contributed by atoms with E-state index in [0.29, 0.717) is 33.7 Å². The van der Waals surface area contributed by atoms with Crippen molar-refractivity contribution < 1.29 is 9.84 Å². The molecule has 0 bridgehead atoms. The van der Waals surface area contributed by atoms with Crippen LogP contribution in [-0.4, -0.2) is 17.8 Å². The minimum absolute atomic E-state index is 0.00878. The SMILES string of the molecule is Cc1c(OCC(O)Cc2cccc3sc4ccccc4c(=O)c23)cc2c(=O)c3ccccc3sc2c1C. The number of aryl methyl sites for hydroxylation is 1. The summed E-state index contributed by atoms with van der Waals surface area (Å²) in [5.41, 5.74) is 2.75. The van der Waals surface area contributed by atoms with E-state index in [-0.39, 0.29) is 17.5 Å². The van der Waals surface area contributed by atoms with Gasteiger partial charge in [-0.2, -0.15) is 0 Å². The summed E-state index contributed by atoms with van der Waals surface area (Å²) in [6.07, 6.45) is -0.522.